The van der Waals surface area contributed by atoms with Gasteiger partial charge in [0.25, 0.3) is 5.91 Å². The van der Waals surface area contributed by atoms with Crippen LogP contribution in [0, 0.1) is 5.41 Å². The summed E-state index contributed by atoms with van der Waals surface area (Å²) < 4.78 is 0. The molecule has 1 aliphatic heterocycles. The Morgan fingerprint density at radius 3 is 2.69 bits per heavy atom. The number of hydroxylamine groups is 2. The van der Waals surface area contributed by atoms with Crippen molar-refractivity contribution in [3.63, 3.8) is 0 Å². The van der Waals surface area contributed by atoms with Crippen molar-refractivity contribution in [1.82, 2.24) is 5.06 Å². The number of rotatable bonds is 2. The van der Waals surface area contributed by atoms with E-state index in [1.807, 2.05) is 13.8 Å². The summed E-state index contributed by atoms with van der Waals surface area (Å²) in [4.78, 5) is 17.0. The average Bonchev–Trinajstić information content (AvgIpc) is 2.18. The van der Waals surface area contributed by atoms with E-state index >= 15 is 0 Å². The van der Waals surface area contributed by atoms with E-state index in [2.05, 4.69) is 0 Å². The normalized spacial score (nSPS) is 18.8. The van der Waals surface area contributed by atoms with Gasteiger partial charge in [0.05, 0.1) is 12.0 Å². The van der Waals surface area contributed by atoms with Crippen molar-refractivity contribution >= 4 is 5.91 Å². The maximum absolute atomic E-state index is 11.8. The molecule has 0 aromatic rings. The first-order chi connectivity index (χ1) is 6.08. The number of carbonyl (C=O) groups is 1. The Labute approximate surface area is 79.0 Å². The predicted molar refractivity (Wildman–Crippen MR) is 49.7 cm³/mol. The van der Waals surface area contributed by atoms with Gasteiger partial charge in [-0.25, -0.2) is 5.06 Å². The second-order valence-corrected chi connectivity index (χ2v) is 4.04. The predicted octanol–water partition coefficient (Wildman–Crippen LogP) is 0.525. The van der Waals surface area contributed by atoms with Crippen LogP contribution in [-0.4, -0.2) is 30.7 Å². The quantitative estimate of drug-likeness (QED) is 0.684. The number of nitrogens with zero attached hydrogens (tertiary/aromatic N) is 1. The van der Waals surface area contributed by atoms with Crippen molar-refractivity contribution in [3.8, 4) is 0 Å². The van der Waals surface area contributed by atoms with Crippen molar-refractivity contribution in [3.05, 3.63) is 0 Å². The minimum absolute atomic E-state index is 0.00491. The van der Waals surface area contributed by atoms with Gasteiger partial charge in [-0.15, -0.1) is 0 Å². The second kappa shape index (κ2) is 4.07. The zero-order valence-electron chi connectivity index (χ0n) is 8.38. The maximum atomic E-state index is 11.8. The van der Waals surface area contributed by atoms with Crippen LogP contribution in [0.25, 0.3) is 0 Å². The molecule has 0 spiro atoms. The summed E-state index contributed by atoms with van der Waals surface area (Å²) in [5.74, 6) is -0.00491. The summed E-state index contributed by atoms with van der Waals surface area (Å²) in [6, 6.07) is 0. The fourth-order valence-corrected chi connectivity index (χ4v) is 1.18. The van der Waals surface area contributed by atoms with E-state index in [0.717, 1.165) is 12.8 Å². The molecule has 1 rings (SSSR count). The SMILES string of the molecule is CC(C)(CN)C(=O)N1CCCCO1. The lowest BCUT2D eigenvalue weighted by Gasteiger charge is -2.32. The van der Waals surface area contributed by atoms with E-state index in [0.29, 0.717) is 19.7 Å². The molecular formula is C9H18N2O2. The molecular weight excluding hydrogens is 168 g/mol. The van der Waals surface area contributed by atoms with Gasteiger partial charge < -0.3 is 5.73 Å². The summed E-state index contributed by atoms with van der Waals surface area (Å²) in [6.45, 7) is 5.38. The Morgan fingerprint density at radius 1 is 1.54 bits per heavy atom. The lowest BCUT2D eigenvalue weighted by Crippen LogP contribution is -2.46. The molecule has 0 bridgehead atoms. The first kappa shape index (κ1) is 10.5. The summed E-state index contributed by atoms with van der Waals surface area (Å²) >= 11 is 0. The van der Waals surface area contributed by atoms with Gasteiger partial charge in [-0.1, -0.05) is 0 Å². The van der Waals surface area contributed by atoms with Crippen LogP contribution in [0.2, 0.25) is 0 Å². The highest BCUT2D eigenvalue weighted by molar-refractivity contribution is 5.81. The molecule has 1 saturated heterocycles. The molecule has 0 aromatic carbocycles. The lowest BCUT2D eigenvalue weighted by molar-refractivity contribution is -0.205. The zero-order chi connectivity index (χ0) is 9.90. The molecule has 1 heterocycles. The van der Waals surface area contributed by atoms with Crippen molar-refractivity contribution in [2.45, 2.75) is 26.7 Å². The number of amides is 1. The van der Waals surface area contributed by atoms with Gasteiger partial charge in [-0.3, -0.25) is 9.63 Å². The Bertz CT molecular complexity index is 186. The van der Waals surface area contributed by atoms with Crippen LogP contribution in [0.5, 0.6) is 0 Å². The van der Waals surface area contributed by atoms with Gasteiger partial charge in [-0.2, -0.15) is 0 Å². The lowest BCUT2D eigenvalue weighted by atomic mass is 9.92. The molecule has 4 heteroatoms. The van der Waals surface area contributed by atoms with Gasteiger partial charge in [0, 0.05) is 13.1 Å². The summed E-state index contributed by atoms with van der Waals surface area (Å²) in [7, 11) is 0. The Kier molecular flexibility index (Phi) is 3.27. The van der Waals surface area contributed by atoms with E-state index in [4.69, 9.17) is 10.6 Å². The minimum Gasteiger partial charge on any atom is -0.329 e. The zero-order valence-corrected chi connectivity index (χ0v) is 8.38. The number of nitrogens with two attached hydrogens (primary N) is 1. The third-order valence-corrected chi connectivity index (χ3v) is 2.32. The smallest absolute Gasteiger partial charge is 0.253 e. The molecule has 0 aromatic heterocycles. The standard InChI is InChI=1S/C9H18N2O2/c1-9(2,7-10)8(12)11-5-3-4-6-13-11/h3-7,10H2,1-2H3. The molecule has 13 heavy (non-hydrogen) atoms. The Morgan fingerprint density at radius 2 is 2.23 bits per heavy atom. The fourth-order valence-electron chi connectivity index (χ4n) is 1.18. The van der Waals surface area contributed by atoms with Crippen LogP contribution in [0.4, 0.5) is 0 Å². The number of hydrogen-bond acceptors (Lipinski definition) is 3. The molecule has 0 radical (unpaired) electrons. The van der Waals surface area contributed by atoms with E-state index < -0.39 is 5.41 Å². The molecule has 1 fully saturated rings. The Balaban J connectivity index is 2.55. The number of hydrogen-bond donors (Lipinski definition) is 1. The van der Waals surface area contributed by atoms with Crippen molar-refractivity contribution in [2.24, 2.45) is 11.1 Å². The molecule has 0 unspecified atom stereocenters. The van der Waals surface area contributed by atoms with E-state index in [9.17, 15) is 4.79 Å². The van der Waals surface area contributed by atoms with Crippen molar-refractivity contribution in [1.29, 1.82) is 0 Å². The average molecular weight is 186 g/mol. The molecule has 1 aliphatic rings. The van der Waals surface area contributed by atoms with Gasteiger partial charge in [-0.05, 0) is 26.7 Å². The monoisotopic (exact) mass is 186 g/mol. The molecule has 0 aliphatic carbocycles. The molecule has 1 amide bonds. The van der Waals surface area contributed by atoms with E-state index in [1.54, 1.807) is 0 Å². The van der Waals surface area contributed by atoms with Gasteiger partial charge in [0.1, 0.15) is 0 Å². The third kappa shape index (κ3) is 2.42. The topological polar surface area (TPSA) is 55.6 Å². The summed E-state index contributed by atoms with van der Waals surface area (Å²) in [5.41, 5.74) is 5.01. The van der Waals surface area contributed by atoms with Crippen LogP contribution in [0.15, 0.2) is 0 Å². The molecule has 0 saturated carbocycles. The molecule has 4 nitrogen and oxygen atoms in total. The van der Waals surface area contributed by atoms with Crippen LogP contribution in [-0.2, 0) is 9.63 Å². The second-order valence-electron chi connectivity index (χ2n) is 4.04. The summed E-state index contributed by atoms with van der Waals surface area (Å²) in [6.07, 6.45) is 2.05. The highest BCUT2D eigenvalue weighted by Gasteiger charge is 2.32. The van der Waals surface area contributed by atoms with Gasteiger partial charge in [0.2, 0.25) is 0 Å². The molecule has 2 N–H and O–H groups in total. The van der Waals surface area contributed by atoms with Gasteiger partial charge >= 0.3 is 0 Å². The third-order valence-electron chi connectivity index (χ3n) is 2.32. The van der Waals surface area contributed by atoms with Crippen LogP contribution in [0.1, 0.15) is 26.7 Å². The summed E-state index contributed by atoms with van der Waals surface area (Å²) in [5, 5.41) is 1.45. The molecule has 0 atom stereocenters. The van der Waals surface area contributed by atoms with Crippen molar-refractivity contribution < 1.29 is 9.63 Å². The van der Waals surface area contributed by atoms with Crippen LogP contribution >= 0.6 is 0 Å². The highest BCUT2D eigenvalue weighted by Crippen LogP contribution is 2.19. The van der Waals surface area contributed by atoms with Crippen LogP contribution < -0.4 is 5.73 Å². The first-order valence-electron chi connectivity index (χ1n) is 4.73. The maximum Gasteiger partial charge on any atom is 0.253 e. The number of carbonyl (C=O) groups excluding carboxylic acids is 1. The fraction of sp³-hybridized carbons (Fsp3) is 0.889. The Hall–Kier alpha value is -0.610. The van der Waals surface area contributed by atoms with E-state index in [1.165, 1.54) is 5.06 Å². The highest BCUT2D eigenvalue weighted by atomic mass is 16.7. The minimum atomic E-state index is -0.503. The van der Waals surface area contributed by atoms with Crippen molar-refractivity contribution in [2.75, 3.05) is 19.7 Å². The first-order valence-corrected chi connectivity index (χ1v) is 4.73. The van der Waals surface area contributed by atoms with Gasteiger partial charge in [0.15, 0.2) is 0 Å². The molecule has 76 valence electrons. The van der Waals surface area contributed by atoms with E-state index in [-0.39, 0.29) is 5.91 Å². The van der Waals surface area contributed by atoms with Crippen LogP contribution in [0.3, 0.4) is 0 Å². The largest absolute Gasteiger partial charge is 0.329 e.